The van der Waals surface area contributed by atoms with Gasteiger partial charge in [-0.05, 0) is 106 Å². The molecule has 0 aliphatic heterocycles. The van der Waals surface area contributed by atoms with E-state index >= 15 is 0 Å². The number of carbonyl (C=O) groups is 5. The van der Waals surface area contributed by atoms with Gasteiger partial charge >= 0.3 is 5.97 Å². The molecule has 3 amide bonds. The van der Waals surface area contributed by atoms with E-state index in [4.69, 9.17) is 10.5 Å². The maximum Gasteiger partial charge on any atom is 0.312 e. The smallest absolute Gasteiger partial charge is 0.312 e. The molecule has 4 bridgehead atoms. The largest absolute Gasteiger partial charge is 0.508 e. The van der Waals surface area contributed by atoms with Crippen LogP contribution in [0.25, 0.3) is 0 Å². The maximum absolute atomic E-state index is 14.9. The van der Waals surface area contributed by atoms with Crippen molar-refractivity contribution in [2.75, 3.05) is 39.8 Å². The lowest BCUT2D eigenvalue weighted by atomic mass is 9.41. The van der Waals surface area contributed by atoms with Crippen molar-refractivity contribution in [3.05, 3.63) is 65.7 Å². The molecular formula is C39H53N5O7S. The van der Waals surface area contributed by atoms with E-state index in [-0.39, 0.29) is 35.7 Å². The second kappa shape index (κ2) is 16.8. The lowest BCUT2D eigenvalue weighted by molar-refractivity contribution is -0.189. The predicted octanol–water partition coefficient (Wildman–Crippen LogP) is 2.21. The molecule has 0 radical (unpaired) electrons. The molecule has 12 nitrogen and oxygen atoms in total. The van der Waals surface area contributed by atoms with Crippen molar-refractivity contribution in [1.29, 1.82) is 0 Å². The Balaban J connectivity index is 1.31. The average Bonchev–Trinajstić information content (AvgIpc) is 3.12. The van der Waals surface area contributed by atoms with Gasteiger partial charge in [-0.3, -0.25) is 24.0 Å². The van der Waals surface area contributed by atoms with Crippen molar-refractivity contribution >= 4 is 41.2 Å². The molecule has 0 saturated heterocycles. The molecule has 2 aromatic rings. The minimum Gasteiger partial charge on any atom is -0.508 e. The van der Waals surface area contributed by atoms with E-state index in [0.29, 0.717) is 44.3 Å². The van der Waals surface area contributed by atoms with Crippen LogP contribution in [0.15, 0.2) is 54.6 Å². The molecule has 4 aliphatic rings. The van der Waals surface area contributed by atoms with Gasteiger partial charge in [-0.15, -0.1) is 0 Å². The van der Waals surface area contributed by atoms with Gasteiger partial charge < -0.3 is 36.4 Å². The highest BCUT2D eigenvalue weighted by atomic mass is 32.2. The third-order valence-electron chi connectivity index (χ3n) is 11.5. The Morgan fingerprint density at radius 3 is 2.17 bits per heavy atom. The SMILES string of the molecule is CN[C@@H](Cc1ccc(O)cc1)C(=O)N[C@H](CCSC)C(=O)NCC(=O)N(C)[C@@H](Cc1ccccc1)C(=O)C1C2(N)CC3CC(C2)CC1(C(=O)OC)C3. The summed E-state index contributed by atoms with van der Waals surface area (Å²) in [6.07, 6.45) is 6.18. The predicted molar refractivity (Wildman–Crippen MR) is 199 cm³/mol. The number of thioether (sulfide) groups is 1. The van der Waals surface area contributed by atoms with Crippen LogP contribution in [-0.2, 0) is 41.6 Å². The summed E-state index contributed by atoms with van der Waals surface area (Å²) in [5, 5.41) is 18.2. The fourth-order valence-corrected chi connectivity index (χ4v) is 9.77. The molecule has 52 heavy (non-hydrogen) atoms. The van der Waals surface area contributed by atoms with Crippen molar-refractivity contribution in [2.45, 2.75) is 75.0 Å². The topological polar surface area (TPSA) is 180 Å². The first-order valence-corrected chi connectivity index (χ1v) is 19.5. The zero-order valence-electron chi connectivity index (χ0n) is 30.6. The number of esters is 1. The molecule has 0 heterocycles. The lowest BCUT2D eigenvalue weighted by Gasteiger charge is -2.63. The molecule has 6 atom stereocenters. The zero-order valence-corrected chi connectivity index (χ0v) is 31.4. The minimum absolute atomic E-state index is 0.125. The molecule has 13 heteroatoms. The molecular weight excluding hydrogens is 683 g/mol. The number of amides is 3. The number of aromatic hydroxyl groups is 1. The molecule has 6 N–H and O–H groups in total. The maximum atomic E-state index is 14.9. The summed E-state index contributed by atoms with van der Waals surface area (Å²) in [6, 6.07) is 13.5. The lowest BCUT2D eigenvalue weighted by Crippen LogP contribution is -2.72. The first-order chi connectivity index (χ1) is 24.8. The molecule has 2 aromatic carbocycles. The van der Waals surface area contributed by atoms with E-state index < -0.39 is 59.3 Å². The number of ether oxygens (including phenoxy) is 1. The van der Waals surface area contributed by atoms with Gasteiger partial charge in [0.15, 0.2) is 5.78 Å². The number of hydrogen-bond donors (Lipinski definition) is 5. The van der Waals surface area contributed by atoms with Gasteiger partial charge in [-0.2, -0.15) is 11.8 Å². The van der Waals surface area contributed by atoms with Crippen LogP contribution in [0.1, 0.15) is 49.7 Å². The van der Waals surface area contributed by atoms with Crippen LogP contribution in [0.4, 0.5) is 0 Å². The molecule has 6 rings (SSSR count). The van der Waals surface area contributed by atoms with E-state index in [0.717, 1.165) is 17.5 Å². The molecule has 4 saturated carbocycles. The summed E-state index contributed by atoms with van der Waals surface area (Å²) >= 11 is 1.53. The number of phenolic OH excluding ortho intramolecular Hbond substituents is 1. The quantitative estimate of drug-likeness (QED) is 0.151. The number of nitrogens with two attached hydrogens (primary N) is 1. The number of methoxy groups -OCH3 is 1. The standard InChI is InChI=1S/C39H53N5O7S/c1-41-30(17-25-10-12-28(45)13-11-25)36(49)43-29(14-15-52-4)35(48)42-23-32(46)44(2)31(18-24-8-6-5-7-9-24)33(47)34-38(37(50)51-3)19-26-16-27(20-38)22-39(34,40)21-26/h5-13,26-27,29-31,34,41,45H,14-23,40H2,1-4H3,(H,42,48)(H,43,49)/t26?,27?,29-,30+,31+,34?,38?,39?/m1/s1. The van der Waals surface area contributed by atoms with Crippen LogP contribution in [0.3, 0.4) is 0 Å². The number of nitrogens with zero attached hydrogens (tertiary/aromatic N) is 1. The van der Waals surface area contributed by atoms with E-state index in [9.17, 15) is 29.1 Å². The summed E-state index contributed by atoms with van der Waals surface area (Å²) in [6.45, 7) is -0.396. The molecule has 282 valence electrons. The van der Waals surface area contributed by atoms with Crippen LogP contribution in [0.2, 0.25) is 0 Å². The number of carbonyl (C=O) groups excluding carboxylic acids is 5. The van der Waals surface area contributed by atoms with Crippen LogP contribution in [-0.4, -0.2) is 103 Å². The monoisotopic (exact) mass is 735 g/mol. The van der Waals surface area contributed by atoms with Crippen LogP contribution in [0.5, 0.6) is 5.75 Å². The molecule has 4 fully saturated rings. The number of benzene rings is 2. The first kappa shape index (κ1) is 39.3. The van der Waals surface area contributed by atoms with E-state index in [1.807, 2.05) is 36.6 Å². The molecule has 4 aliphatic carbocycles. The van der Waals surface area contributed by atoms with Gasteiger partial charge in [0.2, 0.25) is 17.7 Å². The van der Waals surface area contributed by atoms with Gasteiger partial charge in [0.05, 0.1) is 37.1 Å². The molecule has 0 spiro atoms. The van der Waals surface area contributed by atoms with E-state index in [1.54, 1.807) is 38.4 Å². The Kier molecular flexibility index (Phi) is 12.7. The Hall–Kier alpha value is -3.94. The number of likely N-dealkylation sites (N-methyl/N-ethyl adjacent to an activating group) is 2. The highest BCUT2D eigenvalue weighted by molar-refractivity contribution is 7.98. The van der Waals surface area contributed by atoms with Crippen LogP contribution >= 0.6 is 11.8 Å². The Morgan fingerprint density at radius 1 is 0.942 bits per heavy atom. The second-order valence-corrected chi connectivity index (χ2v) is 16.0. The normalized spacial score (nSPS) is 26.1. The summed E-state index contributed by atoms with van der Waals surface area (Å²) in [4.78, 5) is 70.6. The Labute approximate surface area is 310 Å². The third kappa shape index (κ3) is 8.47. The van der Waals surface area contributed by atoms with Crippen LogP contribution < -0.4 is 21.7 Å². The number of Topliss-reactive ketones (excluding diaryl/α,β-unsaturated/α-hetero) is 1. The second-order valence-electron chi connectivity index (χ2n) is 15.0. The number of nitrogens with one attached hydrogen (secondary N) is 3. The number of phenols is 1. The Morgan fingerprint density at radius 2 is 1.58 bits per heavy atom. The molecule has 3 unspecified atom stereocenters. The van der Waals surface area contributed by atoms with Crippen molar-refractivity contribution < 1.29 is 33.8 Å². The van der Waals surface area contributed by atoms with E-state index in [1.165, 1.54) is 23.8 Å². The van der Waals surface area contributed by atoms with Gasteiger partial charge in [0, 0.05) is 12.6 Å². The van der Waals surface area contributed by atoms with E-state index in [2.05, 4.69) is 16.0 Å². The summed E-state index contributed by atoms with van der Waals surface area (Å²) in [5.41, 5.74) is 6.87. The number of rotatable bonds is 17. The van der Waals surface area contributed by atoms with Gasteiger partial charge in [-0.25, -0.2) is 0 Å². The third-order valence-corrected chi connectivity index (χ3v) is 12.1. The fraction of sp³-hybridized carbons (Fsp3) is 0.564. The van der Waals surface area contributed by atoms with Crippen LogP contribution in [0, 0.1) is 23.2 Å². The van der Waals surface area contributed by atoms with Crippen molar-refractivity contribution in [1.82, 2.24) is 20.9 Å². The van der Waals surface area contributed by atoms with Gasteiger partial charge in [0.25, 0.3) is 0 Å². The highest BCUT2D eigenvalue weighted by Crippen LogP contribution is 2.64. The average molecular weight is 736 g/mol. The van der Waals surface area contributed by atoms with Crippen molar-refractivity contribution in [3.63, 3.8) is 0 Å². The zero-order chi connectivity index (χ0) is 37.6. The number of hydrogen-bond acceptors (Lipinski definition) is 10. The number of ketones is 1. The summed E-state index contributed by atoms with van der Waals surface area (Å²) < 4.78 is 5.35. The van der Waals surface area contributed by atoms with Crippen molar-refractivity contribution in [3.8, 4) is 5.75 Å². The van der Waals surface area contributed by atoms with Gasteiger partial charge in [-0.1, -0.05) is 42.5 Å². The molecule has 0 aromatic heterocycles. The summed E-state index contributed by atoms with van der Waals surface area (Å²) in [7, 11) is 4.57. The summed E-state index contributed by atoms with van der Waals surface area (Å²) in [5.74, 6) is -1.63. The minimum atomic E-state index is -1.03. The van der Waals surface area contributed by atoms with Gasteiger partial charge in [0.1, 0.15) is 11.8 Å². The Bertz CT molecular complexity index is 1590. The highest BCUT2D eigenvalue weighted by Gasteiger charge is 2.68. The first-order valence-electron chi connectivity index (χ1n) is 18.1. The fourth-order valence-electron chi connectivity index (χ4n) is 9.30. The van der Waals surface area contributed by atoms with Crippen molar-refractivity contribution in [2.24, 2.45) is 28.9 Å².